The molecule has 1 saturated carbocycles. The molecule has 1 aromatic rings. The minimum atomic E-state index is -0.428. The van der Waals surface area contributed by atoms with Gasteiger partial charge in [-0.25, -0.2) is 0 Å². The number of hydrogen-bond acceptors (Lipinski definition) is 3. The van der Waals surface area contributed by atoms with Crippen LogP contribution in [0, 0.1) is 12.8 Å². The fraction of sp³-hybridized carbons (Fsp3) is 0.500. The van der Waals surface area contributed by atoms with Gasteiger partial charge >= 0.3 is 0 Å². The summed E-state index contributed by atoms with van der Waals surface area (Å²) >= 11 is 0. The van der Waals surface area contributed by atoms with E-state index in [1.165, 1.54) is 5.56 Å². The summed E-state index contributed by atoms with van der Waals surface area (Å²) in [6.45, 7) is 2.32. The summed E-state index contributed by atoms with van der Waals surface area (Å²) in [7, 11) is 1.71. The molecule has 1 atom stereocenters. The van der Waals surface area contributed by atoms with E-state index in [4.69, 9.17) is 5.73 Å². The normalized spacial score (nSPS) is 15.8. The third-order valence-electron chi connectivity index (χ3n) is 3.69. The van der Waals surface area contributed by atoms with E-state index in [-0.39, 0.29) is 25.0 Å². The summed E-state index contributed by atoms with van der Waals surface area (Å²) in [5.74, 6) is 0.0249. The lowest BCUT2D eigenvalue weighted by atomic mass is 10.0. The quantitative estimate of drug-likeness (QED) is 0.785. The van der Waals surface area contributed by atoms with Crippen molar-refractivity contribution in [1.82, 2.24) is 10.2 Å². The van der Waals surface area contributed by atoms with Crippen LogP contribution in [0.25, 0.3) is 0 Å². The molecule has 1 aliphatic carbocycles. The second-order valence-electron chi connectivity index (χ2n) is 5.93. The smallest absolute Gasteiger partial charge is 0.234 e. The molecule has 0 heterocycles. The minimum absolute atomic E-state index is 0.0695. The van der Waals surface area contributed by atoms with E-state index in [1.807, 2.05) is 6.92 Å². The van der Waals surface area contributed by atoms with Gasteiger partial charge in [-0.3, -0.25) is 14.5 Å². The monoisotopic (exact) mass is 289 g/mol. The zero-order valence-electron chi connectivity index (χ0n) is 12.6. The van der Waals surface area contributed by atoms with Gasteiger partial charge in [0.05, 0.1) is 19.1 Å². The maximum absolute atomic E-state index is 12.1. The second kappa shape index (κ2) is 6.72. The van der Waals surface area contributed by atoms with Crippen molar-refractivity contribution in [2.45, 2.75) is 25.8 Å². The molecular weight excluding hydrogens is 266 g/mol. The van der Waals surface area contributed by atoms with E-state index >= 15 is 0 Å². The van der Waals surface area contributed by atoms with Crippen molar-refractivity contribution < 1.29 is 9.59 Å². The van der Waals surface area contributed by atoms with Crippen molar-refractivity contribution in [2.75, 3.05) is 20.1 Å². The topological polar surface area (TPSA) is 75.4 Å². The SMILES string of the molecule is Cc1ccc([C@@H](NC(=O)CN(C)CC(N)=O)C2CC2)cc1. The van der Waals surface area contributed by atoms with Crippen LogP contribution in [-0.2, 0) is 9.59 Å². The predicted octanol–water partition coefficient (Wildman–Crippen LogP) is 0.979. The van der Waals surface area contributed by atoms with Crippen LogP contribution in [0.5, 0.6) is 0 Å². The lowest BCUT2D eigenvalue weighted by Gasteiger charge is -2.21. The molecule has 0 saturated heterocycles. The fourth-order valence-electron chi connectivity index (χ4n) is 2.46. The van der Waals surface area contributed by atoms with Crippen LogP contribution in [0.3, 0.4) is 0 Å². The standard InChI is InChI=1S/C16H23N3O2/c1-11-3-5-12(6-4-11)16(13-7-8-13)18-15(21)10-19(2)9-14(17)20/h3-6,13,16H,7-10H2,1-2H3,(H2,17,20)(H,18,21)/t16-/m1/s1. The van der Waals surface area contributed by atoms with Crippen LogP contribution in [0.2, 0.25) is 0 Å². The van der Waals surface area contributed by atoms with Crippen LogP contribution in [-0.4, -0.2) is 36.9 Å². The third kappa shape index (κ3) is 4.86. The zero-order valence-corrected chi connectivity index (χ0v) is 12.6. The molecule has 0 aromatic heterocycles. The van der Waals surface area contributed by atoms with Gasteiger partial charge in [-0.15, -0.1) is 0 Å². The Bertz CT molecular complexity index is 509. The van der Waals surface area contributed by atoms with Crippen LogP contribution in [0.15, 0.2) is 24.3 Å². The maximum atomic E-state index is 12.1. The fourth-order valence-corrected chi connectivity index (χ4v) is 2.46. The van der Waals surface area contributed by atoms with Crippen molar-refractivity contribution in [2.24, 2.45) is 11.7 Å². The van der Waals surface area contributed by atoms with Crippen molar-refractivity contribution >= 4 is 11.8 Å². The Kier molecular flexibility index (Phi) is 4.96. The number of carbonyl (C=O) groups is 2. The van der Waals surface area contributed by atoms with Gasteiger partial charge in [0.1, 0.15) is 0 Å². The zero-order chi connectivity index (χ0) is 15.4. The number of rotatable bonds is 7. The molecule has 0 radical (unpaired) electrons. The number of benzene rings is 1. The number of nitrogens with one attached hydrogen (secondary N) is 1. The first-order valence-corrected chi connectivity index (χ1v) is 7.28. The first-order chi connectivity index (χ1) is 9.95. The Hall–Kier alpha value is -1.88. The molecule has 114 valence electrons. The lowest BCUT2D eigenvalue weighted by molar-refractivity contribution is -0.124. The van der Waals surface area contributed by atoms with E-state index < -0.39 is 5.91 Å². The Balaban J connectivity index is 1.95. The average molecular weight is 289 g/mol. The first kappa shape index (κ1) is 15.5. The third-order valence-corrected chi connectivity index (χ3v) is 3.69. The number of amides is 2. The van der Waals surface area contributed by atoms with E-state index in [0.29, 0.717) is 5.92 Å². The molecule has 1 aromatic carbocycles. The van der Waals surface area contributed by atoms with Crippen LogP contribution in [0.1, 0.15) is 30.0 Å². The Morgan fingerprint density at radius 2 is 1.90 bits per heavy atom. The molecule has 21 heavy (non-hydrogen) atoms. The lowest BCUT2D eigenvalue weighted by Crippen LogP contribution is -2.40. The summed E-state index contributed by atoms with van der Waals surface area (Å²) in [5.41, 5.74) is 7.48. The molecule has 5 heteroatoms. The molecule has 3 N–H and O–H groups in total. The number of primary amides is 1. The molecule has 2 rings (SSSR count). The van der Waals surface area contributed by atoms with Crippen molar-refractivity contribution in [3.05, 3.63) is 35.4 Å². The number of aryl methyl sites for hydroxylation is 1. The van der Waals surface area contributed by atoms with Crippen LogP contribution < -0.4 is 11.1 Å². The van der Waals surface area contributed by atoms with Crippen LogP contribution in [0.4, 0.5) is 0 Å². The first-order valence-electron chi connectivity index (χ1n) is 7.28. The van der Waals surface area contributed by atoms with E-state index in [1.54, 1.807) is 11.9 Å². The van der Waals surface area contributed by atoms with Crippen molar-refractivity contribution in [3.63, 3.8) is 0 Å². The predicted molar refractivity (Wildman–Crippen MR) is 81.5 cm³/mol. The Morgan fingerprint density at radius 1 is 1.29 bits per heavy atom. The summed E-state index contributed by atoms with van der Waals surface area (Å²) in [6, 6.07) is 8.35. The highest BCUT2D eigenvalue weighted by atomic mass is 16.2. The molecule has 5 nitrogen and oxygen atoms in total. The van der Waals surface area contributed by atoms with Gasteiger partial charge in [0.2, 0.25) is 11.8 Å². The van der Waals surface area contributed by atoms with Crippen molar-refractivity contribution in [1.29, 1.82) is 0 Å². The van der Waals surface area contributed by atoms with E-state index in [2.05, 4.69) is 29.6 Å². The number of nitrogens with two attached hydrogens (primary N) is 1. The minimum Gasteiger partial charge on any atom is -0.369 e. The number of hydrogen-bond donors (Lipinski definition) is 2. The molecule has 0 bridgehead atoms. The largest absolute Gasteiger partial charge is 0.369 e. The summed E-state index contributed by atoms with van der Waals surface area (Å²) in [4.78, 5) is 24.6. The highest BCUT2D eigenvalue weighted by Gasteiger charge is 2.33. The summed E-state index contributed by atoms with van der Waals surface area (Å²) in [6.07, 6.45) is 2.30. The van der Waals surface area contributed by atoms with E-state index in [9.17, 15) is 9.59 Å². The van der Waals surface area contributed by atoms with Gasteiger partial charge in [0.15, 0.2) is 0 Å². The molecule has 0 aliphatic heterocycles. The maximum Gasteiger partial charge on any atom is 0.234 e. The van der Waals surface area contributed by atoms with Gasteiger partial charge in [-0.1, -0.05) is 29.8 Å². The summed E-state index contributed by atoms with van der Waals surface area (Å²) in [5, 5.41) is 3.09. The highest BCUT2D eigenvalue weighted by molar-refractivity contribution is 5.80. The van der Waals surface area contributed by atoms with Gasteiger partial charge in [0.25, 0.3) is 0 Å². The molecule has 1 fully saturated rings. The molecule has 0 unspecified atom stereocenters. The Labute approximate surface area is 125 Å². The molecular formula is C16H23N3O2. The number of nitrogens with zero attached hydrogens (tertiary/aromatic N) is 1. The van der Waals surface area contributed by atoms with Gasteiger partial charge < -0.3 is 11.1 Å². The Morgan fingerprint density at radius 3 is 2.43 bits per heavy atom. The molecule has 2 amide bonds. The molecule has 1 aliphatic rings. The van der Waals surface area contributed by atoms with Gasteiger partial charge in [-0.2, -0.15) is 0 Å². The average Bonchev–Trinajstić information content (AvgIpc) is 3.20. The molecule has 0 spiro atoms. The van der Waals surface area contributed by atoms with E-state index in [0.717, 1.165) is 18.4 Å². The highest BCUT2D eigenvalue weighted by Crippen LogP contribution is 2.40. The van der Waals surface area contributed by atoms with Gasteiger partial charge in [-0.05, 0) is 38.3 Å². The second-order valence-corrected chi connectivity index (χ2v) is 5.93. The van der Waals surface area contributed by atoms with Crippen LogP contribution >= 0.6 is 0 Å². The number of likely N-dealkylation sites (N-methyl/N-ethyl adjacent to an activating group) is 1. The van der Waals surface area contributed by atoms with Crippen molar-refractivity contribution in [3.8, 4) is 0 Å². The number of carbonyl (C=O) groups excluding carboxylic acids is 2. The summed E-state index contributed by atoms with van der Waals surface area (Å²) < 4.78 is 0. The van der Waals surface area contributed by atoms with Gasteiger partial charge in [0, 0.05) is 0 Å².